The van der Waals surface area contributed by atoms with Gasteiger partial charge in [0, 0.05) is 12.1 Å². The smallest absolute Gasteiger partial charge is 0.261 e. The quantitative estimate of drug-likeness (QED) is 0.688. The highest BCUT2D eigenvalue weighted by molar-refractivity contribution is 7.92. The van der Waals surface area contributed by atoms with Crippen LogP contribution < -0.4 is 10.0 Å². The van der Waals surface area contributed by atoms with Crippen LogP contribution in [0.1, 0.15) is 41.3 Å². The maximum absolute atomic E-state index is 12.6. The van der Waals surface area contributed by atoms with Gasteiger partial charge in [-0.25, -0.2) is 8.42 Å². The normalized spacial score (nSPS) is 11.2. The molecule has 0 aromatic heterocycles. The number of aryl methyl sites for hydroxylation is 2. The predicted octanol–water partition coefficient (Wildman–Crippen LogP) is 4.29. The van der Waals surface area contributed by atoms with Gasteiger partial charge in [0.15, 0.2) is 0 Å². The third-order valence-corrected chi connectivity index (χ3v) is 5.57. The largest absolute Gasteiger partial charge is 0.352 e. The summed E-state index contributed by atoms with van der Waals surface area (Å²) in [6.07, 6.45) is 1.89. The number of carbonyl (C=O) groups excluding carboxylic acids is 1. The van der Waals surface area contributed by atoms with Crippen molar-refractivity contribution in [2.24, 2.45) is 0 Å². The summed E-state index contributed by atoms with van der Waals surface area (Å²) in [5.41, 5.74) is 2.47. The molecule has 0 atom stereocenters. The van der Waals surface area contributed by atoms with Gasteiger partial charge >= 0.3 is 0 Å². The van der Waals surface area contributed by atoms with E-state index in [9.17, 15) is 13.2 Å². The summed E-state index contributed by atoms with van der Waals surface area (Å²) in [6.45, 7) is 6.32. The Morgan fingerprint density at radius 1 is 1.12 bits per heavy atom. The lowest BCUT2D eigenvalue weighted by molar-refractivity contribution is 0.0953. The van der Waals surface area contributed by atoms with Crippen LogP contribution in [-0.4, -0.2) is 20.9 Å². The SMILES string of the molecule is CCCCNC(=O)c1ccc(S(=O)(=O)Nc2c(C)cc(C)cc2Cl)cc1. The standard InChI is InChI=1S/C19H23ClN2O3S/c1-4-5-10-21-19(23)15-6-8-16(9-7-15)26(24,25)22-18-14(3)11-13(2)12-17(18)20/h6-9,11-12,22H,4-5,10H2,1-3H3,(H,21,23). The second-order valence-electron chi connectivity index (χ2n) is 6.18. The lowest BCUT2D eigenvalue weighted by Gasteiger charge is -2.13. The van der Waals surface area contributed by atoms with Crippen molar-refractivity contribution in [1.29, 1.82) is 0 Å². The Labute approximate surface area is 159 Å². The van der Waals surface area contributed by atoms with E-state index in [1.165, 1.54) is 24.3 Å². The molecule has 2 aromatic rings. The Morgan fingerprint density at radius 3 is 2.35 bits per heavy atom. The Hall–Kier alpha value is -2.05. The van der Waals surface area contributed by atoms with Gasteiger partial charge in [-0.1, -0.05) is 31.0 Å². The van der Waals surface area contributed by atoms with Gasteiger partial charge in [-0.15, -0.1) is 0 Å². The highest BCUT2D eigenvalue weighted by Gasteiger charge is 2.18. The molecule has 0 aliphatic heterocycles. The third-order valence-electron chi connectivity index (χ3n) is 3.91. The van der Waals surface area contributed by atoms with Crippen LogP contribution in [0.2, 0.25) is 5.02 Å². The number of halogens is 1. The zero-order chi connectivity index (χ0) is 19.3. The van der Waals surface area contributed by atoms with Gasteiger partial charge in [0.05, 0.1) is 15.6 Å². The average molecular weight is 395 g/mol. The van der Waals surface area contributed by atoms with Crippen LogP contribution in [0, 0.1) is 13.8 Å². The Kier molecular flexibility index (Phi) is 6.67. The number of rotatable bonds is 7. The number of benzene rings is 2. The van der Waals surface area contributed by atoms with E-state index in [0.717, 1.165) is 24.0 Å². The molecule has 0 aliphatic rings. The monoisotopic (exact) mass is 394 g/mol. The maximum atomic E-state index is 12.6. The number of nitrogens with one attached hydrogen (secondary N) is 2. The first-order valence-electron chi connectivity index (χ1n) is 8.42. The van der Waals surface area contributed by atoms with E-state index in [1.807, 2.05) is 19.9 Å². The van der Waals surface area contributed by atoms with Crippen LogP contribution in [0.5, 0.6) is 0 Å². The van der Waals surface area contributed by atoms with Crippen LogP contribution in [0.25, 0.3) is 0 Å². The van der Waals surface area contributed by atoms with E-state index < -0.39 is 10.0 Å². The fraction of sp³-hybridized carbons (Fsp3) is 0.316. The summed E-state index contributed by atoms with van der Waals surface area (Å²) in [4.78, 5) is 12.1. The lowest BCUT2D eigenvalue weighted by atomic mass is 10.1. The van der Waals surface area contributed by atoms with E-state index >= 15 is 0 Å². The Morgan fingerprint density at radius 2 is 1.77 bits per heavy atom. The maximum Gasteiger partial charge on any atom is 0.261 e. The van der Waals surface area contributed by atoms with E-state index in [1.54, 1.807) is 13.0 Å². The highest BCUT2D eigenvalue weighted by Crippen LogP contribution is 2.29. The van der Waals surface area contributed by atoms with Crippen molar-refractivity contribution < 1.29 is 13.2 Å². The molecule has 0 aliphatic carbocycles. The first kappa shape index (κ1) is 20.3. The number of hydrogen-bond donors (Lipinski definition) is 2. The fourth-order valence-corrected chi connectivity index (χ4v) is 4.08. The molecule has 0 fully saturated rings. The molecule has 1 amide bonds. The lowest BCUT2D eigenvalue weighted by Crippen LogP contribution is -2.24. The molecular formula is C19H23ClN2O3S. The van der Waals surface area contributed by atoms with Gasteiger partial charge in [0.2, 0.25) is 0 Å². The van der Waals surface area contributed by atoms with Crippen molar-refractivity contribution in [2.45, 2.75) is 38.5 Å². The fourth-order valence-electron chi connectivity index (χ4n) is 2.50. The van der Waals surface area contributed by atoms with Crippen LogP contribution >= 0.6 is 11.6 Å². The first-order valence-corrected chi connectivity index (χ1v) is 10.3. The van der Waals surface area contributed by atoms with E-state index in [4.69, 9.17) is 11.6 Å². The van der Waals surface area contributed by atoms with Gasteiger partial charge in [0.1, 0.15) is 0 Å². The highest BCUT2D eigenvalue weighted by atomic mass is 35.5. The zero-order valence-corrected chi connectivity index (χ0v) is 16.7. The Balaban J connectivity index is 2.18. The summed E-state index contributed by atoms with van der Waals surface area (Å²) < 4.78 is 27.8. The summed E-state index contributed by atoms with van der Waals surface area (Å²) in [7, 11) is -3.80. The molecule has 0 unspecified atom stereocenters. The third kappa shape index (κ3) is 4.99. The van der Waals surface area contributed by atoms with Gasteiger partial charge in [-0.05, 0) is 61.7 Å². The van der Waals surface area contributed by atoms with Crippen molar-refractivity contribution in [3.63, 3.8) is 0 Å². The first-order chi connectivity index (χ1) is 12.2. The topological polar surface area (TPSA) is 75.3 Å². The number of hydrogen-bond acceptors (Lipinski definition) is 3. The van der Waals surface area contributed by atoms with Crippen molar-refractivity contribution in [3.8, 4) is 0 Å². The summed E-state index contributed by atoms with van der Waals surface area (Å²) in [5.74, 6) is -0.215. The molecule has 140 valence electrons. The second kappa shape index (κ2) is 8.56. The summed E-state index contributed by atoms with van der Waals surface area (Å²) >= 11 is 6.18. The van der Waals surface area contributed by atoms with Gasteiger partial charge in [-0.3, -0.25) is 9.52 Å². The van der Waals surface area contributed by atoms with Crippen LogP contribution in [0.15, 0.2) is 41.3 Å². The van der Waals surface area contributed by atoms with E-state index in [0.29, 0.717) is 22.8 Å². The molecule has 26 heavy (non-hydrogen) atoms. The molecule has 0 saturated heterocycles. The molecule has 7 heteroatoms. The molecule has 2 aromatic carbocycles. The number of sulfonamides is 1. The van der Waals surface area contributed by atoms with Crippen LogP contribution in [0.3, 0.4) is 0 Å². The van der Waals surface area contributed by atoms with Crippen LogP contribution in [0.4, 0.5) is 5.69 Å². The Bertz CT molecular complexity index is 870. The minimum Gasteiger partial charge on any atom is -0.352 e. The molecule has 2 rings (SSSR count). The number of amides is 1. The number of unbranched alkanes of at least 4 members (excludes halogenated alkanes) is 1. The summed E-state index contributed by atoms with van der Waals surface area (Å²) in [6, 6.07) is 9.38. The molecular weight excluding hydrogens is 372 g/mol. The molecule has 0 saturated carbocycles. The minimum atomic E-state index is -3.80. The number of anilines is 1. The molecule has 0 spiro atoms. The van der Waals surface area contributed by atoms with Crippen molar-refractivity contribution >= 4 is 33.2 Å². The predicted molar refractivity (Wildman–Crippen MR) is 105 cm³/mol. The molecule has 0 radical (unpaired) electrons. The molecule has 0 bridgehead atoms. The number of carbonyl (C=O) groups is 1. The molecule has 0 heterocycles. The second-order valence-corrected chi connectivity index (χ2v) is 8.27. The zero-order valence-electron chi connectivity index (χ0n) is 15.1. The summed E-state index contributed by atoms with van der Waals surface area (Å²) in [5, 5.41) is 3.14. The van der Waals surface area contributed by atoms with Crippen molar-refractivity contribution in [3.05, 3.63) is 58.1 Å². The van der Waals surface area contributed by atoms with Gasteiger partial charge in [-0.2, -0.15) is 0 Å². The van der Waals surface area contributed by atoms with Crippen molar-refractivity contribution in [2.75, 3.05) is 11.3 Å². The van der Waals surface area contributed by atoms with Gasteiger partial charge < -0.3 is 5.32 Å². The molecule has 2 N–H and O–H groups in total. The van der Waals surface area contributed by atoms with E-state index in [2.05, 4.69) is 10.0 Å². The minimum absolute atomic E-state index is 0.0682. The van der Waals surface area contributed by atoms with Crippen molar-refractivity contribution in [1.82, 2.24) is 5.32 Å². The average Bonchev–Trinajstić information content (AvgIpc) is 2.58. The molecule has 5 nitrogen and oxygen atoms in total. The van der Waals surface area contributed by atoms with E-state index in [-0.39, 0.29) is 10.8 Å². The van der Waals surface area contributed by atoms with Crippen LogP contribution in [-0.2, 0) is 10.0 Å². The van der Waals surface area contributed by atoms with Gasteiger partial charge in [0.25, 0.3) is 15.9 Å².